The largest absolute Gasteiger partial charge is 0.313 e. The van der Waals surface area contributed by atoms with E-state index in [1.807, 2.05) is 4.31 Å². The Morgan fingerprint density at radius 1 is 1.71 bits per heavy atom. The molecule has 40 valence electrons. The van der Waals surface area contributed by atoms with Crippen LogP contribution < -0.4 is 0 Å². The third-order valence-corrected chi connectivity index (χ3v) is 1.93. The zero-order chi connectivity index (χ0) is 5.28. The van der Waals surface area contributed by atoms with Gasteiger partial charge >= 0.3 is 0 Å². The van der Waals surface area contributed by atoms with Crippen molar-refractivity contribution in [3.8, 4) is 0 Å². The second kappa shape index (κ2) is 2.01. The fourth-order valence-electron chi connectivity index (χ4n) is 0.536. The molecule has 0 spiro atoms. The van der Waals surface area contributed by atoms with Crippen molar-refractivity contribution in [2.75, 3.05) is 6.54 Å². The molecule has 0 unspecified atom stereocenters. The Morgan fingerprint density at radius 2 is 2.43 bits per heavy atom. The topological polar surface area (TPSA) is 3.24 Å². The molecule has 0 aromatic heterocycles. The molecule has 0 saturated carbocycles. The van der Waals surface area contributed by atoms with E-state index in [0.717, 1.165) is 18.0 Å². The molecule has 0 bridgehead atoms. The Bertz CT molecular complexity index is 99.9. The molecule has 0 N–H and O–H groups in total. The van der Waals surface area contributed by atoms with Gasteiger partial charge in [0.05, 0.1) is 5.03 Å². The lowest BCUT2D eigenvalue weighted by atomic mass is 10.5. The first-order valence-corrected chi connectivity index (χ1v) is 3.01. The molecule has 0 fully saturated rings. The number of hydrogen-bond acceptors (Lipinski definition) is 3. The molecule has 1 heterocycles. The van der Waals surface area contributed by atoms with Crippen molar-refractivity contribution in [1.82, 2.24) is 4.31 Å². The minimum Gasteiger partial charge on any atom is -0.313 e. The number of thiol groups is 2. The van der Waals surface area contributed by atoms with Crippen LogP contribution in [0.15, 0.2) is 11.1 Å². The highest BCUT2D eigenvalue weighted by molar-refractivity contribution is 7.86. The Kier molecular flexibility index (Phi) is 1.54. The van der Waals surface area contributed by atoms with Crippen LogP contribution in [0, 0.1) is 0 Å². The Morgan fingerprint density at radius 3 is 2.57 bits per heavy atom. The van der Waals surface area contributed by atoms with Gasteiger partial charge in [0.2, 0.25) is 0 Å². The lowest BCUT2D eigenvalue weighted by molar-refractivity contribution is 0.670. The van der Waals surface area contributed by atoms with Gasteiger partial charge in [-0.3, -0.25) is 0 Å². The third-order valence-electron chi connectivity index (χ3n) is 0.932. The van der Waals surface area contributed by atoms with Crippen LogP contribution in [0.5, 0.6) is 0 Å². The highest BCUT2D eigenvalue weighted by Crippen LogP contribution is 2.18. The lowest BCUT2D eigenvalue weighted by Crippen LogP contribution is -2.00. The third kappa shape index (κ3) is 1.07. The van der Waals surface area contributed by atoms with Crippen molar-refractivity contribution in [3.05, 3.63) is 11.1 Å². The first-order chi connectivity index (χ1) is 3.30. The maximum absolute atomic E-state index is 4.10. The van der Waals surface area contributed by atoms with Gasteiger partial charge < -0.3 is 4.31 Å². The van der Waals surface area contributed by atoms with E-state index in [1.54, 1.807) is 0 Å². The number of rotatable bonds is 0. The summed E-state index contributed by atoms with van der Waals surface area (Å²) in [6, 6.07) is 0. The van der Waals surface area contributed by atoms with Crippen LogP contribution in [0.25, 0.3) is 0 Å². The van der Waals surface area contributed by atoms with Gasteiger partial charge in [0.25, 0.3) is 0 Å². The molecule has 1 rings (SSSR count). The van der Waals surface area contributed by atoms with Crippen LogP contribution >= 0.6 is 25.4 Å². The quantitative estimate of drug-likeness (QED) is 0.471. The minimum absolute atomic E-state index is 0.975. The van der Waals surface area contributed by atoms with Crippen LogP contribution in [0.4, 0.5) is 0 Å². The Labute approximate surface area is 54.3 Å². The molecule has 0 aliphatic carbocycles. The van der Waals surface area contributed by atoms with Gasteiger partial charge in [0.1, 0.15) is 0 Å². The van der Waals surface area contributed by atoms with Crippen molar-refractivity contribution in [3.63, 3.8) is 0 Å². The fraction of sp³-hybridized carbons (Fsp3) is 0.500. The summed E-state index contributed by atoms with van der Waals surface area (Å²) in [7, 11) is 0. The second-order valence-corrected chi connectivity index (χ2v) is 2.42. The summed E-state index contributed by atoms with van der Waals surface area (Å²) in [6.07, 6.45) is 3.14. The second-order valence-electron chi connectivity index (χ2n) is 1.47. The van der Waals surface area contributed by atoms with Crippen LogP contribution in [0.3, 0.4) is 0 Å². The monoisotopic (exact) mass is 133 g/mol. The first kappa shape index (κ1) is 5.38. The van der Waals surface area contributed by atoms with Gasteiger partial charge in [-0.25, -0.2) is 0 Å². The zero-order valence-electron chi connectivity index (χ0n) is 3.83. The van der Waals surface area contributed by atoms with E-state index in [4.69, 9.17) is 0 Å². The number of hydrogen-bond donors (Lipinski definition) is 2. The molecule has 0 aromatic rings. The van der Waals surface area contributed by atoms with E-state index >= 15 is 0 Å². The standard InChI is InChI=1S/C4H7NS2/c6-4-2-1-3-5(4)7/h2,6-7H,1,3H2. The van der Waals surface area contributed by atoms with E-state index in [9.17, 15) is 0 Å². The smallest absolute Gasteiger partial charge is 0.0734 e. The Balaban J connectivity index is 2.54. The highest BCUT2D eigenvalue weighted by atomic mass is 32.1. The van der Waals surface area contributed by atoms with Gasteiger partial charge in [0.15, 0.2) is 0 Å². The van der Waals surface area contributed by atoms with Crippen molar-refractivity contribution in [1.29, 1.82) is 0 Å². The summed E-state index contributed by atoms with van der Waals surface area (Å²) in [4.78, 5) is 0. The molecule has 1 aliphatic rings. The molecule has 0 aromatic carbocycles. The predicted molar refractivity (Wildman–Crippen MR) is 37.4 cm³/mol. The summed E-state index contributed by atoms with van der Waals surface area (Å²) in [5.74, 6) is 0. The van der Waals surface area contributed by atoms with Crippen LogP contribution in [-0.2, 0) is 0 Å². The fourth-order valence-corrected chi connectivity index (χ4v) is 0.962. The van der Waals surface area contributed by atoms with Gasteiger partial charge in [-0.1, -0.05) is 18.9 Å². The molecule has 0 radical (unpaired) electrons. The molecule has 7 heavy (non-hydrogen) atoms. The molecular weight excluding hydrogens is 126 g/mol. The zero-order valence-corrected chi connectivity index (χ0v) is 5.62. The molecule has 1 aliphatic heterocycles. The van der Waals surface area contributed by atoms with E-state index in [0.29, 0.717) is 0 Å². The molecule has 0 saturated heterocycles. The summed E-state index contributed by atoms with van der Waals surface area (Å²) in [5, 5.41) is 0.975. The van der Waals surface area contributed by atoms with Crippen molar-refractivity contribution < 1.29 is 0 Å². The van der Waals surface area contributed by atoms with E-state index < -0.39 is 0 Å². The molecular formula is C4H7NS2. The predicted octanol–water partition coefficient (Wildman–Crippen LogP) is 1.31. The summed E-state index contributed by atoms with van der Waals surface area (Å²) in [5.41, 5.74) is 0. The van der Waals surface area contributed by atoms with E-state index in [1.165, 1.54) is 0 Å². The van der Waals surface area contributed by atoms with Crippen molar-refractivity contribution in [2.45, 2.75) is 6.42 Å². The maximum atomic E-state index is 4.10. The van der Waals surface area contributed by atoms with Crippen LogP contribution in [-0.4, -0.2) is 10.8 Å². The minimum atomic E-state index is 0.975. The van der Waals surface area contributed by atoms with Crippen LogP contribution in [0.1, 0.15) is 6.42 Å². The summed E-state index contributed by atoms with van der Waals surface area (Å²) in [6.45, 7) is 1.00. The molecule has 1 nitrogen and oxygen atoms in total. The first-order valence-electron chi connectivity index (χ1n) is 2.16. The highest BCUT2D eigenvalue weighted by Gasteiger charge is 2.04. The van der Waals surface area contributed by atoms with Gasteiger partial charge in [-0.15, -0.1) is 12.6 Å². The van der Waals surface area contributed by atoms with E-state index in [-0.39, 0.29) is 0 Å². The van der Waals surface area contributed by atoms with Gasteiger partial charge in [-0.05, 0) is 6.42 Å². The van der Waals surface area contributed by atoms with Crippen LogP contribution in [0.2, 0.25) is 0 Å². The van der Waals surface area contributed by atoms with Gasteiger partial charge in [-0.2, -0.15) is 0 Å². The van der Waals surface area contributed by atoms with Crippen molar-refractivity contribution in [2.24, 2.45) is 0 Å². The Hall–Kier alpha value is 0.240. The average molecular weight is 133 g/mol. The molecule has 0 amide bonds. The molecule has 3 heteroatoms. The average Bonchev–Trinajstić information content (AvgIpc) is 1.91. The SMILES string of the molecule is SC1=CCCN1S. The summed E-state index contributed by atoms with van der Waals surface area (Å²) < 4.78 is 1.82. The van der Waals surface area contributed by atoms with Gasteiger partial charge in [0, 0.05) is 6.54 Å². The lowest BCUT2D eigenvalue weighted by Gasteiger charge is -2.07. The number of nitrogens with zero attached hydrogens (tertiary/aromatic N) is 1. The van der Waals surface area contributed by atoms with E-state index in [2.05, 4.69) is 31.5 Å². The van der Waals surface area contributed by atoms with Crippen molar-refractivity contribution >= 4 is 25.4 Å². The summed E-state index contributed by atoms with van der Waals surface area (Å²) >= 11 is 8.17. The molecule has 0 atom stereocenters. The normalized spacial score (nSPS) is 20.3. The maximum Gasteiger partial charge on any atom is 0.0734 e.